The number of nitrogens with two attached hydrogens (primary N) is 1. The molecule has 2 heteroatoms. The second-order valence-corrected chi connectivity index (χ2v) is 3.76. The van der Waals surface area contributed by atoms with E-state index in [1.54, 1.807) is 0 Å². The quantitative estimate of drug-likeness (QED) is 0.765. The highest BCUT2D eigenvalue weighted by molar-refractivity contribution is 5.31. The third kappa shape index (κ3) is 2.56. The third-order valence-corrected chi connectivity index (χ3v) is 2.74. The molecule has 1 rings (SSSR count). The summed E-state index contributed by atoms with van der Waals surface area (Å²) >= 11 is 0. The minimum Gasteiger partial charge on any atom is -0.330 e. The molecule has 0 radical (unpaired) electrons. The minimum absolute atomic E-state index is 0.388. The van der Waals surface area contributed by atoms with E-state index in [9.17, 15) is 0 Å². The molecule has 1 atom stereocenters. The van der Waals surface area contributed by atoms with E-state index in [1.807, 2.05) is 7.05 Å². The zero-order valence-corrected chi connectivity index (χ0v) is 9.30. The molecule has 0 aliphatic heterocycles. The Labute approximate surface area is 86.5 Å². The van der Waals surface area contributed by atoms with E-state index in [2.05, 4.69) is 37.4 Å². The number of hydrogen-bond acceptors (Lipinski definition) is 2. The Hall–Kier alpha value is -0.860. The Bertz CT molecular complexity index is 294. The Kier molecular flexibility index (Phi) is 4.11. The summed E-state index contributed by atoms with van der Waals surface area (Å²) in [5.74, 6) is 0. The van der Waals surface area contributed by atoms with Crippen molar-refractivity contribution in [2.24, 2.45) is 5.73 Å². The molecule has 0 fully saturated rings. The van der Waals surface area contributed by atoms with Gasteiger partial charge >= 0.3 is 0 Å². The van der Waals surface area contributed by atoms with Crippen LogP contribution in [0.3, 0.4) is 0 Å². The summed E-state index contributed by atoms with van der Waals surface area (Å²) in [7, 11) is 1.98. The molecule has 0 bridgehead atoms. The first-order chi connectivity index (χ1) is 6.69. The fraction of sp³-hybridized carbons (Fsp3) is 0.500. The molecule has 3 N–H and O–H groups in total. The number of benzene rings is 1. The molecule has 0 aliphatic rings. The molecular weight excluding hydrogens is 172 g/mol. The maximum Gasteiger partial charge on any atom is 0.0329 e. The lowest BCUT2D eigenvalue weighted by Crippen LogP contribution is -2.19. The van der Waals surface area contributed by atoms with Crippen LogP contribution < -0.4 is 11.1 Å². The molecule has 1 aromatic carbocycles. The van der Waals surface area contributed by atoms with Crippen LogP contribution in [0.25, 0.3) is 0 Å². The van der Waals surface area contributed by atoms with Crippen molar-refractivity contribution in [3.05, 3.63) is 34.9 Å². The van der Waals surface area contributed by atoms with Crippen molar-refractivity contribution >= 4 is 0 Å². The van der Waals surface area contributed by atoms with Crippen LogP contribution in [0.15, 0.2) is 18.2 Å². The first-order valence-corrected chi connectivity index (χ1v) is 5.13. The van der Waals surface area contributed by atoms with Gasteiger partial charge in [-0.25, -0.2) is 0 Å². The van der Waals surface area contributed by atoms with Crippen LogP contribution in [0.4, 0.5) is 0 Å². The molecule has 78 valence electrons. The molecule has 0 heterocycles. The summed E-state index contributed by atoms with van der Waals surface area (Å²) in [4.78, 5) is 0. The molecule has 0 saturated heterocycles. The lowest BCUT2D eigenvalue weighted by molar-refractivity contribution is 0.556. The van der Waals surface area contributed by atoms with Gasteiger partial charge in [-0.05, 0) is 50.6 Å². The Morgan fingerprint density at radius 1 is 1.29 bits per heavy atom. The topological polar surface area (TPSA) is 38.0 Å². The van der Waals surface area contributed by atoms with Crippen molar-refractivity contribution in [1.29, 1.82) is 0 Å². The van der Waals surface area contributed by atoms with Gasteiger partial charge in [0.2, 0.25) is 0 Å². The highest BCUT2D eigenvalue weighted by atomic mass is 14.9. The molecule has 0 amide bonds. The van der Waals surface area contributed by atoms with Gasteiger partial charge in [0, 0.05) is 6.04 Å². The lowest BCUT2D eigenvalue weighted by atomic mass is 9.99. The van der Waals surface area contributed by atoms with Gasteiger partial charge in [-0.15, -0.1) is 0 Å². The van der Waals surface area contributed by atoms with Crippen molar-refractivity contribution in [2.45, 2.75) is 26.3 Å². The van der Waals surface area contributed by atoms with E-state index in [-0.39, 0.29) is 0 Å². The van der Waals surface area contributed by atoms with Gasteiger partial charge < -0.3 is 11.1 Å². The molecule has 0 saturated carbocycles. The normalized spacial score (nSPS) is 12.9. The summed E-state index contributed by atoms with van der Waals surface area (Å²) in [6.45, 7) is 5.00. The van der Waals surface area contributed by atoms with E-state index >= 15 is 0 Å². The van der Waals surface area contributed by atoms with Crippen molar-refractivity contribution in [3.8, 4) is 0 Å². The van der Waals surface area contributed by atoms with Gasteiger partial charge in [0.25, 0.3) is 0 Å². The van der Waals surface area contributed by atoms with Gasteiger partial charge in [0.05, 0.1) is 0 Å². The van der Waals surface area contributed by atoms with Crippen LogP contribution in [0.1, 0.15) is 29.2 Å². The van der Waals surface area contributed by atoms with E-state index in [0.717, 1.165) is 13.0 Å². The van der Waals surface area contributed by atoms with Crippen molar-refractivity contribution < 1.29 is 0 Å². The van der Waals surface area contributed by atoms with Gasteiger partial charge in [-0.2, -0.15) is 0 Å². The first kappa shape index (κ1) is 11.2. The highest BCUT2D eigenvalue weighted by Crippen LogP contribution is 2.18. The number of nitrogens with one attached hydrogen (secondary N) is 1. The Morgan fingerprint density at radius 3 is 2.50 bits per heavy atom. The summed E-state index contributed by atoms with van der Waals surface area (Å²) in [6, 6.07) is 6.98. The highest BCUT2D eigenvalue weighted by Gasteiger charge is 2.08. The van der Waals surface area contributed by atoms with E-state index in [4.69, 9.17) is 5.73 Å². The van der Waals surface area contributed by atoms with Crippen LogP contribution in [-0.2, 0) is 0 Å². The lowest BCUT2D eigenvalue weighted by Gasteiger charge is -2.16. The van der Waals surface area contributed by atoms with Gasteiger partial charge in [0.15, 0.2) is 0 Å². The van der Waals surface area contributed by atoms with Crippen LogP contribution in [0.5, 0.6) is 0 Å². The average Bonchev–Trinajstić information content (AvgIpc) is 2.19. The maximum atomic E-state index is 5.57. The zero-order chi connectivity index (χ0) is 10.6. The van der Waals surface area contributed by atoms with E-state index in [0.29, 0.717) is 6.04 Å². The minimum atomic E-state index is 0.388. The second-order valence-electron chi connectivity index (χ2n) is 3.76. The number of aryl methyl sites for hydroxylation is 2. The van der Waals surface area contributed by atoms with Gasteiger partial charge in [-0.1, -0.05) is 18.2 Å². The summed E-state index contributed by atoms with van der Waals surface area (Å²) in [5.41, 5.74) is 9.60. The van der Waals surface area contributed by atoms with Crippen LogP contribution in [0, 0.1) is 13.8 Å². The fourth-order valence-corrected chi connectivity index (χ4v) is 1.63. The van der Waals surface area contributed by atoms with Crippen LogP contribution in [0.2, 0.25) is 0 Å². The zero-order valence-electron chi connectivity index (χ0n) is 9.30. The second kappa shape index (κ2) is 5.13. The molecule has 2 nitrogen and oxygen atoms in total. The van der Waals surface area contributed by atoms with Gasteiger partial charge in [0.1, 0.15) is 0 Å². The smallest absolute Gasteiger partial charge is 0.0329 e. The van der Waals surface area contributed by atoms with Crippen molar-refractivity contribution in [2.75, 3.05) is 13.6 Å². The van der Waals surface area contributed by atoms with Crippen LogP contribution >= 0.6 is 0 Å². The molecule has 0 spiro atoms. The Morgan fingerprint density at radius 2 is 2.00 bits per heavy atom. The Balaban J connectivity index is 2.88. The van der Waals surface area contributed by atoms with E-state index < -0.39 is 0 Å². The molecule has 14 heavy (non-hydrogen) atoms. The standard InChI is InChI=1S/C12H20N2/c1-9-4-5-11(8-10(9)2)12(14-3)6-7-13/h4-5,8,12,14H,6-7,13H2,1-3H3. The third-order valence-electron chi connectivity index (χ3n) is 2.74. The predicted octanol–water partition coefficient (Wildman–Crippen LogP) is 1.91. The van der Waals surface area contributed by atoms with Crippen molar-refractivity contribution in [1.82, 2.24) is 5.32 Å². The molecule has 1 aromatic rings. The largest absolute Gasteiger partial charge is 0.330 e. The van der Waals surface area contributed by atoms with E-state index in [1.165, 1.54) is 16.7 Å². The average molecular weight is 192 g/mol. The molecular formula is C12H20N2. The first-order valence-electron chi connectivity index (χ1n) is 5.13. The summed E-state index contributed by atoms with van der Waals surface area (Å²) in [6.07, 6.45) is 0.985. The summed E-state index contributed by atoms with van der Waals surface area (Å²) in [5, 5.41) is 3.29. The molecule has 1 unspecified atom stereocenters. The summed E-state index contributed by atoms with van der Waals surface area (Å²) < 4.78 is 0. The molecule has 0 aromatic heterocycles. The van der Waals surface area contributed by atoms with Crippen molar-refractivity contribution in [3.63, 3.8) is 0 Å². The fourth-order valence-electron chi connectivity index (χ4n) is 1.63. The number of hydrogen-bond donors (Lipinski definition) is 2. The van der Waals surface area contributed by atoms with Crippen LogP contribution in [-0.4, -0.2) is 13.6 Å². The van der Waals surface area contributed by atoms with Gasteiger partial charge in [-0.3, -0.25) is 0 Å². The SMILES string of the molecule is CNC(CCN)c1ccc(C)c(C)c1. The molecule has 0 aliphatic carbocycles. The number of rotatable bonds is 4. The monoisotopic (exact) mass is 192 g/mol. The maximum absolute atomic E-state index is 5.57. The predicted molar refractivity (Wildman–Crippen MR) is 61.4 cm³/mol.